The van der Waals surface area contributed by atoms with Crippen molar-refractivity contribution in [2.75, 3.05) is 6.61 Å². The number of aliphatic carboxylic acids is 1. The van der Waals surface area contributed by atoms with E-state index in [4.69, 9.17) is 9.84 Å². The predicted octanol–water partition coefficient (Wildman–Crippen LogP) is 3.67. The Hall–Kier alpha value is -3.49. The first kappa shape index (κ1) is 22.7. The van der Waals surface area contributed by atoms with Gasteiger partial charge in [-0.15, -0.1) is 0 Å². The van der Waals surface area contributed by atoms with Gasteiger partial charge in [0.25, 0.3) is 6.43 Å². The Balaban J connectivity index is 1.34. The molecule has 0 aromatic heterocycles. The lowest BCUT2D eigenvalue weighted by Crippen LogP contribution is -2.46. The lowest BCUT2D eigenvalue weighted by Gasteiger charge is -2.21. The number of carboxylic acids is 1. The molecule has 0 aliphatic heterocycles. The SMILES string of the molecule is O=C(O)CC1(NC(=O)CC(NC(=O)OCC2c3ccccc3-c3ccccc32)C(F)F)CC1. The average Bonchev–Trinajstić information content (AvgIpc) is 3.43. The molecule has 9 heteroatoms. The zero-order chi connectivity index (χ0) is 23.6. The molecule has 0 heterocycles. The molecule has 4 rings (SSSR count). The van der Waals surface area contributed by atoms with Crippen LogP contribution >= 0.6 is 0 Å². The molecule has 2 aromatic rings. The number of benzene rings is 2. The Bertz CT molecular complexity index is 1020. The van der Waals surface area contributed by atoms with Crippen molar-refractivity contribution >= 4 is 18.0 Å². The van der Waals surface area contributed by atoms with Gasteiger partial charge in [-0.2, -0.15) is 0 Å². The molecule has 33 heavy (non-hydrogen) atoms. The van der Waals surface area contributed by atoms with Gasteiger partial charge < -0.3 is 20.5 Å². The molecule has 2 aliphatic rings. The highest BCUT2D eigenvalue weighted by atomic mass is 19.3. The molecule has 2 aromatic carbocycles. The number of carbonyl (C=O) groups excluding carboxylic acids is 2. The summed E-state index contributed by atoms with van der Waals surface area (Å²) in [4.78, 5) is 35.4. The average molecular weight is 458 g/mol. The number of fused-ring (bicyclic) bond motifs is 3. The highest BCUT2D eigenvalue weighted by Gasteiger charge is 2.46. The number of alkyl carbamates (subject to hydrolysis) is 1. The monoisotopic (exact) mass is 458 g/mol. The number of nitrogens with one attached hydrogen (secondary N) is 2. The molecule has 2 amide bonds. The Labute approximate surface area is 189 Å². The standard InChI is InChI=1S/C24H24F2N2O5/c25-22(26)19(11-20(29)28-24(9-10-24)12-21(30)31)27-23(32)33-13-18-16-7-3-1-5-14(16)15-6-2-4-8-17(15)18/h1-8,18-19,22H,9-13H2,(H,27,32)(H,28,29)(H,30,31). The van der Waals surface area contributed by atoms with E-state index in [1.165, 1.54) is 0 Å². The maximum atomic E-state index is 13.5. The van der Waals surface area contributed by atoms with Gasteiger partial charge in [-0.1, -0.05) is 48.5 Å². The van der Waals surface area contributed by atoms with E-state index >= 15 is 0 Å². The van der Waals surface area contributed by atoms with Crippen LogP contribution in [0, 0.1) is 0 Å². The summed E-state index contributed by atoms with van der Waals surface area (Å²) in [6.07, 6.45) is -4.03. The molecule has 3 N–H and O–H groups in total. The van der Waals surface area contributed by atoms with Gasteiger partial charge in [0, 0.05) is 5.92 Å². The Morgan fingerprint density at radius 3 is 2.12 bits per heavy atom. The van der Waals surface area contributed by atoms with Crippen molar-refractivity contribution in [2.45, 2.75) is 49.6 Å². The second-order valence-corrected chi connectivity index (χ2v) is 8.51. The predicted molar refractivity (Wildman–Crippen MR) is 115 cm³/mol. The molecule has 1 atom stereocenters. The minimum absolute atomic E-state index is 0.0380. The Morgan fingerprint density at radius 1 is 1.03 bits per heavy atom. The molecule has 174 valence electrons. The van der Waals surface area contributed by atoms with Crippen molar-refractivity contribution in [1.82, 2.24) is 10.6 Å². The number of amides is 2. The summed E-state index contributed by atoms with van der Waals surface area (Å²) in [7, 11) is 0. The zero-order valence-electron chi connectivity index (χ0n) is 17.7. The molecular weight excluding hydrogens is 434 g/mol. The number of carbonyl (C=O) groups is 3. The first-order chi connectivity index (χ1) is 15.8. The summed E-state index contributed by atoms with van der Waals surface area (Å²) < 4.78 is 32.2. The van der Waals surface area contributed by atoms with E-state index in [1.54, 1.807) is 0 Å². The van der Waals surface area contributed by atoms with Crippen LogP contribution in [0.25, 0.3) is 11.1 Å². The van der Waals surface area contributed by atoms with Gasteiger partial charge in [-0.3, -0.25) is 9.59 Å². The second-order valence-electron chi connectivity index (χ2n) is 8.51. The largest absolute Gasteiger partial charge is 0.481 e. The topological polar surface area (TPSA) is 105 Å². The molecule has 1 unspecified atom stereocenters. The van der Waals surface area contributed by atoms with E-state index in [1.807, 2.05) is 48.5 Å². The summed E-state index contributed by atoms with van der Waals surface area (Å²) in [5.41, 5.74) is 3.19. The maximum Gasteiger partial charge on any atom is 0.407 e. The number of hydrogen-bond donors (Lipinski definition) is 3. The summed E-state index contributed by atoms with van der Waals surface area (Å²) in [5.74, 6) is -2.03. The smallest absolute Gasteiger partial charge is 0.407 e. The number of alkyl halides is 2. The molecule has 0 spiro atoms. The minimum Gasteiger partial charge on any atom is -0.481 e. The fraction of sp³-hybridized carbons (Fsp3) is 0.375. The fourth-order valence-electron chi connectivity index (χ4n) is 4.33. The van der Waals surface area contributed by atoms with E-state index in [2.05, 4.69) is 10.6 Å². The third kappa shape index (κ3) is 5.13. The van der Waals surface area contributed by atoms with Crippen LogP contribution in [0.5, 0.6) is 0 Å². The third-order valence-corrected chi connectivity index (χ3v) is 6.10. The molecular formula is C24H24F2N2O5. The first-order valence-corrected chi connectivity index (χ1v) is 10.7. The lowest BCUT2D eigenvalue weighted by molar-refractivity contribution is -0.138. The van der Waals surface area contributed by atoms with Crippen LogP contribution in [-0.4, -0.2) is 47.7 Å². The number of halogens is 2. The van der Waals surface area contributed by atoms with Crippen LogP contribution in [0.1, 0.15) is 42.7 Å². The van der Waals surface area contributed by atoms with Gasteiger partial charge in [-0.05, 0) is 35.1 Å². The number of carboxylic acid groups (broad SMARTS) is 1. The van der Waals surface area contributed by atoms with Crippen molar-refractivity contribution in [2.24, 2.45) is 0 Å². The van der Waals surface area contributed by atoms with Crippen LogP contribution in [0.4, 0.5) is 13.6 Å². The van der Waals surface area contributed by atoms with Crippen molar-refractivity contribution in [1.29, 1.82) is 0 Å². The minimum atomic E-state index is -2.99. The van der Waals surface area contributed by atoms with Crippen LogP contribution in [0.3, 0.4) is 0 Å². The van der Waals surface area contributed by atoms with Crippen LogP contribution in [-0.2, 0) is 14.3 Å². The van der Waals surface area contributed by atoms with Gasteiger partial charge in [-0.25, -0.2) is 13.6 Å². The molecule has 0 saturated heterocycles. The second kappa shape index (κ2) is 9.17. The van der Waals surface area contributed by atoms with E-state index in [0.29, 0.717) is 12.8 Å². The quantitative estimate of drug-likeness (QED) is 0.532. The maximum absolute atomic E-state index is 13.5. The molecule has 0 radical (unpaired) electrons. The normalized spacial score (nSPS) is 16.5. The van der Waals surface area contributed by atoms with Gasteiger partial charge in [0.05, 0.1) is 18.4 Å². The van der Waals surface area contributed by atoms with E-state index in [-0.39, 0.29) is 18.9 Å². The Kier molecular flexibility index (Phi) is 6.31. The van der Waals surface area contributed by atoms with Crippen molar-refractivity contribution in [3.8, 4) is 11.1 Å². The van der Waals surface area contributed by atoms with Crippen molar-refractivity contribution in [3.63, 3.8) is 0 Å². The highest BCUT2D eigenvalue weighted by Crippen LogP contribution is 2.44. The van der Waals surface area contributed by atoms with Crippen molar-refractivity contribution in [3.05, 3.63) is 59.7 Å². The Morgan fingerprint density at radius 2 is 1.61 bits per heavy atom. The van der Waals surface area contributed by atoms with Gasteiger partial charge in [0.1, 0.15) is 12.6 Å². The highest BCUT2D eigenvalue weighted by molar-refractivity contribution is 5.81. The third-order valence-electron chi connectivity index (χ3n) is 6.10. The summed E-state index contributed by atoms with van der Waals surface area (Å²) >= 11 is 0. The fourth-order valence-corrected chi connectivity index (χ4v) is 4.33. The molecule has 1 saturated carbocycles. The molecule has 1 fully saturated rings. The van der Waals surface area contributed by atoms with E-state index in [0.717, 1.165) is 22.3 Å². The number of hydrogen-bond acceptors (Lipinski definition) is 4. The van der Waals surface area contributed by atoms with Gasteiger partial charge in [0.2, 0.25) is 5.91 Å². The van der Waals surface area contributed by atoms with Crippen LogP contribution in [0.15, 0.2) is 48.5 Å². The molecule has 0 bridgehead atoms. The number of rotatable bonds is 9. The van der Waals surface area contributed by atoms with Gasteiger partial charge in [0.15, 0.2) is 0 Å². The van der Waals surface area contributed by atoms with Crippen molar-refractivity contribution < 1.29 is 33.0 Å². The van der Waals surface area contributed by atoms with Crippen LogP contribution in [0.2, 0.25) is 0 Å². The van der Waals surface area contributed by atoms with Crippen LogP contribution < -0.4 is 10.6 Å². The molecule has 2 aliphatic carbocycles. The first-order valence-electron chi connectivity index (χ1n) is 10.7. The summed E-state index contributed by atoms with van der Waals surface area (Å²) in [5, 5.41) is 13.5. The van der Waals surface area contributed by atoms with Gasteiger partial charge >= 0.3 is 12.1 Å². The lowest BCUT2D eigenvalue weighted by atomic mass is 9.98. The molecule has 7 nitrogen and oxygen atoms in total. The summed E-state index contributed by atoms with van der Waals surface area (Å²) in [6, 6.07) is 13.7. The summed E-state index contributed by atoms with van der Waals surface area (Å²) in [6.45, 7) is -0.0380. The number of ether oxygens (including phenoxy) is 1. The van der Waals surface area contributed by atoms with E-state index < -0.39 is 42.4 Å². The van der Waals surface area contributed by atoms with E-state index in [9.17, 15) is 23.2 Å². The zero-order valence-corrected chi connectivity index (χ0v) is 17.7.